The van der Waals surface area contributed by atoms with Gasteiger partial charge in [0.1, 0.15) is 0 Å². The summed E-state index contributed by atoms with van der Waals surface area (Å²) in [4.78, 5) is 11.1. The average Bonchev–Trinajstić information content (AvgIpc) is 2.33. The van der Waals surface area contributed by atoms with Crippen LogP contribution in [0.2, 0.25) is 5.02 Å². The molecule has 1 aromatic rings. The quantitative estimate of drug-likeness (QED) is 0.862. The molecular weight excluding hydrogens is 262 g/mol. The molecule has 104 valence electrons. The summed E-state index contributed by atoms with van der Waals surface area (Å²) in [5, 5.41) is 12.8. The first-order valence-electron chi connectivity index (χ1n) is 6.69. The van der Waals surface area contributed by atoms with Gasteiger partial charge in [0.25, 0.3) is 0 Å². The van der Waals surface area contributed by atoms with E-state index in [1.807, 2.05) is 6.07 Å². The minimum absolute atomic E-state index is 0.153. The van der Waals surface area contributed by atoms with Crippen molar-refractivity contribution in [1.82, 2.24) is 0 Å². The van der Waals surface area contributed by atoms with Crippen molar-refractivity contribution in [2.45, 2.75) is 45.6 Å². The van der Waals surface area contributed by atoms with Crippen LogP contribution in [0.15, 0.2) is 18.2 Å². The highest BCUT2D eigenvalue weighted by Gasteiger charge is 2.32. The predicted octanol–water partition coefficient (Wildman–Crippen LogP) is 4.42. The molecule has 19 heavy (non-hydrogen) atoms. The lowest BCUT2D eigenvalue weighted by molar-refractivity contribution is 0.0697. The van der Waals surface area contributed by atoms with Crippen LogP contribution in [0.3, 0.4) is 0 Å². The Morgan fingerprint density at radius 2 is 2.16 bits per heavy atom. The Balaban J connectivity index is 2.19. The third kappa shape index (κ3) is 3.21. The van der Waals surface area contributed by atoms with Crippen molar-refractivity contribution in [3.05, 3.63) is 28.8 Å². The minimum Gasteiger partial charge on any atom is -0.478 e. The standard InChI is InChI=1S/C15H20ClNO2/c1-15(2)8-4-3-5-13(15)17-10-6-7-12(16)11(9-10)14(18)19/h6-7,9,13,17H,3-5,8H2,1-2H3,(H,18,19). The van der Waals surface area contributed by atoms with Gasteiger partial charge in [-0.05, 0) is 36.5 Å². The molecule has 0 aliphatic heterocycles. The third-order valence-electron chi connectivity index (χ3n) is 4.04. The molecule has 1 atom stereocenters. The number of nitrogens with one attached hydrogen (secondary N) is 1. The number of rotatable bonds is 3. The van der Waals surface area contributed by atoms with E-state index in [1.54, 1.807) is 12.1 Å². The number of hydrogen-bond acceptors (Lipinski definition) is 2. The van der Waals surface area contributed by atoms with Gasteiger partial charge in [-0.15, -0.1) is 0 Å². The van der Waals surface area contributed by atoms with Crippen LogP contribution in [-0.4, -0.2) is 17.1 Å². The number of aromatic carboxylic acids is 1. The van der Waals surface area contributed by atoms with Gasteiger partial charge in [0, 0.05) is 11.7 Å². The largest absolute Gasteiger partial charge is 0.478 e. The van der Waals surface area contributed by atoms with E-state index < -0.39 is 5.97 Å². The summed E-state index contributed by atoms with van der Waals surface area (Å²) < 4.78 is 0. The van der Waals surface area contributed by atoms with E-state index in [0.717, 1.165) is 12.1 Å². The molecule has 0 bridgehead atoms. The first-order valence-corrected chi connectivity index (χ1v) is 7.07. The van der Waals surface area contributed by atoms with Gasteiger partial charge in [-0.2, -0.15) is 0 Å². The second-order valence-electron chi connectivity index (χ2n) is 5.93. The maximum Gasteiger partial charge on any atom is 0.337 e. The number of halogens is 1. The Morgan fingerprint density at radius 3 is 2.79 bits per heavy atom. The number of carboxylic acid groups (broad SMARTS) is 1. The SMILES string of the molecule is CC1(C)CCCCC1Nc1ccc(Cl)c(C(=O)O)c1. The van der Waals surface area contributed by atoms with E-state index in [-0.39, 0.29) is 16.0 Å². The topological polar surface area (TPSA) is 49.3 Å². The Bertz CT molecular complexity index is 485. The Kier molecular flexibility index (Phi) is 4.04. The molecule has 3 nitrogen and oxygen atoms in total. The summed E-state index contributed by atoms with van der Waals surface area (Å²) in [6, 6.07) is 5.49. The van der Waals surface area contributed by atoms with Gasteiger partial charge in [-0.1, -0.05) is 38.3 Å². The average molecular weight is 282 g/mol. The maximum atomic E-state index is 11.1. The van der Waals surface area contributed by atoms with Crippen LogP contribution in [0.4, 0.5) is 5.69 Å². The predicted molar refractivity (Wildman–Crippen MR) is 78.1 cm³/mol. The molecule has 0 radical (unpaired) electrons. The first-order chi connectivity index (χ1) is 8.90. The zero-order chi connectivity index (χ0) is 14.0. The zero-order valence-electron chi connectivity index (χ0n) is 11.4. The van der Waals surface area contributed by atoms with Gasteiger partial charge in [0.2, 0.25) is 0 Å². The molecule has 1 fully saturated rings. The fourth-order valence-corrected chi connectivity index (χ4v) is 2.94. The fraction of sp³-hybridized carbons (Fsp3) is 0.533. The lowest BCUT2D eigenvalue weighted by atomic mass is 9.73. The summed E-state index contributed by atoms with van der Waals surface area (Å²) >= 11 is 5.88. The zero-order valence-corrected chi connectivity index (χ0v) is 12.1. The summed E-state index contributed by atoms with van der Waals surface area (Å²) in [6.07, 6.45) is 4.81. The smallest absolute Gasteiger partial charge is 0.337 e. The van der Waals surface area contributed by atoms with Crippen molar-refractivity contribution in [2.75, 3.05) is 5.32 Å². The van der Waals surface area contributed by atoms with Gasteiger partial charge in [0.15, 0.2) is 0 Å². The molecule has 0 spiro atoms. The molecule has 2 rings (SSSR count). The van der Waals surface area contributed by atoms with Gasteiger partial charge in [0.05, 0.1) is 10.6 Å². The monoisotopic (exact) mass is 281 g/mol. The lowest BCUT2D eigenvalue weighted by Crippen LogP contribution is -2.38. The van der Waals surface area contributed by atoms with Crippen LogP contribution < -0.4 is 5.32 Å². The van der Waals surface area contributed by atoms with Gasteiger partial charge in [-0.3, -0.25) is 0 Å². The number of benzene rings is 1. The van der Waals surface area contributed by atoms with Crippen molar-refractivity contribution in [3.8, 4) is 0 Å². The van der Waals surface area contributed by atoms with E-state index in [0.29, 0.717) is 6.04 Å². The third-order valence-corrected chi connectivity index (χ3v) is 4.37. The highest BCUT2D eigenvalue weighted by atomic mass is 35.5. The van der Waals surface area contributed by atoms with Gasteiger partial charge in [-0.25, -0.2) is 4.79 Å². The summed E-state index contributed by atoms with van der Waals surface area (Å²) in [6.45, 7) is 4.52. The van der Waals surface area contributed by atoms with E-state index in [9.17, 15) is 4.79 Å². The molecule has 0 saturated heterocycles. The van der Waals surface area contributed by atoms with Gasteiger partial charge >= 0.3 is 5.97 Å². The highest BCUT2D eigenvalue weighted by molar-refractivity contribution is 6.33. The van der Waals surface area contributed by atoms with Crippen LogP contribution in [-0.2, 0) is 0 Å². The van der Waals surface area contributed by atoms with Crippen molar-refractivity contribution in [2.24, 2.45) is 5.41 Å². The molecule has 4 heteroatoms. The van der Waals surface area contributed by atoms with Crippen molar-refractivity contribution in [1.29, 1.82) is 0 Å². The highest BCUT2D eigenvalue weighted by Crippen LogP contribution is 2.37. The normalized spacial score (nSPS) is 21.9. The second-order valence-corrected chi connectivity index (χ2v) is 6.34. The number of carbonyl (C=O) groups is 1. The van der Waals surface area contributed by atoms with E-state index in [2.05, 4.69) is 19.2 Å². The van der Waals surface area contributed by atoms with Crippen LogP contribution in [0.5, 0.6) is 0 Å². The number of carboxylic acids is 1. The molecule has 0 heterocycles. The van der Waals surface area contributed by atoms with Crippen molar-refractivity contribution in [3.63, 3.8) is 0 Å². The lowest BCUT2D eigenvalue weighted by Gasteiger charge is -2.39. The van der Waals surface area contributed by atoms with E-state index >= 15 is 0 Å². The number of anilines is 1. The van der Waals surface area contributed by atoms with Gasteiger partial charge < -0.3 is 10.4 Å². The van der Waals surface area contributed by atoms with Crippen LogP contribution in [0, 0.1) is 5.41 Å². The number of hydrogen-bond donors (Lipinski definition) is 2. The van der Waals surface area contributed by atoms with E-state index in [1.165, 1.54) is 19.3 Å². The molecular formula is C15H20ClNO2. The molecule has 1 saturated carbocycles. The summed E-state index contributed by atoms with van der Waals surface area (Å²) in [5.41, 5.74) is 1.23. The molecule has 2 N–H and O–H groups in total. The van der Waals surface area contributed by atoms with Crippen LogP contribution >= 0.6 is 11.6 Å². The minimum atomic E-state index is -0.989. The van der Waals surface area contributed by atoms with Crippen LogP contribution in [0.1, 0.15) is 49.9 Å². The first kappa shape index (κ1) is 14.2. The Morgan fingerprint density at radius 1 is 1.42 bits per heavy atom. The molecule has 0 aromatic heterocycles. The molecule has 1 aromatic carbocycles. The molecule has 1 aliphatic carbocycles. The summed E-state index contributed by atoms with van der Waals surface area (Å²) in [5.74, 6) is -0.989. The van der Waals surface area contributed by atoms with Crippen molar-refractivity contribution < 1.29 is 9.90 Å². The summed E-state index contributed by atoms with van der Waals surface area (Å²) in [7, 11) is 0. The maximum absolute atomic E-state index is 11.1. The molecule has 0 amide bonds. The van der Waals surface area contributed by atoms with E-state index in [4.69, 9.17) is 16.7 Å². The van der Waals surface area contributed by atoms with Crippen molar-refractivity contribution >= 4 is 23.3 Å². The molecule has 1 unspecified atom stereocenters. The Labute approximate surface area is 119 Å². The van der Waals surface area contributed by atoms with Crippen LogP contribution in [0.25, 0.3) is 0 Å². The fourth-order valence-electron chi connectivity index (χ4n) is 2.74. The molecule has 1 aliphatic rings. The second kappa shape index (κ2) is 5.41. The Hall–Kier alpha value is -1.22.